The Morgan fingerprint density at radius 2 is 2.42 bits per heavy atom. The Bertz CT molecular complexity index is 521. The van der Waals surface area contributed by atoms with Crippen LogP contribution in [0.5, 0.6) is 0 Å². The fourth-order valence-electron chi connectivity index (χ4n) is 2.11. The minimum absolute atomic E-state index is 0.0350. The number of nitrogens with zero attached hydrogens (tertiary/aromatic N) is 2. The molecule has 0 saturated heterocycles. The molecule has 1 heterocycles. The summed E-state index contributed by atoms with van der Waals surface area (Å²) in [6, 6.07) is 1.35. The molecule has 102 valence electrons. The van der Waals surface area contributed by atoms with Gasteiger partial charge in [0.2, 0.25) is 0 Å². The van der Waals surface area contributed by atoms with Crippen molar-refractivity contribution < 1.29 is 9.72 Å². The van der Waals surface area contributed by atoms with E-state index in [1.165, 1.54) is 6.07 Å². The van der Waals surface area contributed by atoms with Gasteiger partial charge in [0, 0.05) is 6.04 Å². The van der Waals surface area contributed by atoms with Crippen molar-refractivity contribution >= 4 is 23.2 Å². The molecular weight excluding hydrogens is 270 g/mol. The average Bonchev–Trinajstić information content (AvgIpc) is 3.07. The predicted molar refractivity (Wildman–Crippen MR) is 70.2 cm³/mol. The summed E-state index contributed by atoms with van der Waals surface area (Å²) in [5, 5.41) is 13.7. The zero-order valence-electron chi connectivity index (χ0n) is 10.4. The first-order chi connectivity index (χ1) is 9.02. The van der Waals surface area contributed by atoms with Crippen molar-refractivity contribution in [3.05, 3.63) is 33.1 Å². The Morgan fingerprint density at radius 3 is 3.05 bits per heavy atom. The fourth-order valence-corrected chi connectivity index (χ4v) is 2.27. The van der Waals surface area contributed by atoms with Crippen molar-refractivity contribution in [2.75, 3.05) is 0 Å². The highest BCUT2D eigenvalue weighted by Crippen LogP contribution is 2.35. The highest BCUT2D eigenvalue weighted by Gasteiger charge is 2.38. The van der Waals surface area contributed by atoms with Crippen LogP contribution in [0.3, 0.4) is 0 Å². The Morgan fingerprint density at radius 1 is 1.68 bits per heavy atom. The molecule has 7 heteroatoms. The van der Waals surface area contributed by atoms with Crippen LogP contribution < -0.4 is 5.32 Å². The lowest BCUT2D eigenvalue weighted by Gasteiger charge is -2.05. The Balaban J connectivity index is 2.11. The number of hydrogen-bond donors (Lipinski definition) is 1. The lowest BCUT2D eigenvalue weighted by atomic mass is 10.2. The van der Waals surface area contributed by atoms with Gasteiger partial charge in [-0.2, -0.15) is 0 Å². The van der Waals surface area contributed by atoms with Crippen molar-refractivity contribution in [3.63, 3.8) is 0 Å². The van der Waals surface area contributed by atoms with Gasteiger partial charge in [0.05, 0.1) is 4.92 Å². The van der Waals surface area contributed by atoms with E-state index in [0.29, 0.717) is 5.92 Å². The van der Waals surface area contributed by atoms with E-state index in [1.54, 1.807) is 0 Å². The summed E-state index contributed by atoms with van der Waals surface area (Å²) >= 11 is 5.68. The summed E-state index contributed by atoms with van der Waals surface area (Å²) in [7, 11) is 0. The molecule has 1 aliphatic rings. The third-order valence-electron chi connectivity index (χ3n) is 3.19. The molecule has 19 heavy (non-hydrogen) atoms. The molecule has 1 aromatic heterocycles. The predicted octanol–water partition coefficient (Wildman–Crippen LogP) is 2.56. The molecule has 1 fully saturated rings. The van der Waals surface area contributed by atoms with Crippen LogP contribution in [0.4, 0.5) is 5.69 Å². The van der Waals surface area contributed by atoms with E-state index in [0.717, 1.165) is 25.5 Å². The number of nitro groups is 1. The number of carbonyl (C=O) groups excluding carboxylic acids is 1. The van der Waals surface area contributed by atoms with Crippen molar-refractivity contribution in [1.82, 2.24) is 10.3 Å². The van der Waals surface area contributed by atoms with Gasteiger partial charge < -0.3 is 5.32 Å². The van der Waals surface area contributed by atoms with Gasteiger partial charge in [0.15, 0.2) is 0 Å². The monoisotopic (exact) mass is 283 g/mol. The molecule has 0 radical (unpaired) electrons. The van der Waals surface area contributed by atoms with E-state index in [9.17, 15) is 14.9 Å². The van der Waals surface area contributed by atoms with E-state index in [-0.39, 0.29) is 22.4 Å². The number of nitrogens with one attached hydrogen (secondary N) is 1. The molecular formula is C12H14ClN3O3. The van der Waals surface area contributed by atoms with Crippen LogP contribution >= 0.6 is 11.6 Å². The maximum absolute atomic E-state index is 12.0. The van der Waals surface area contributed by atoms with Crippen LogP contribution in [0.2, 0.25) is 5.15 Å². The molecule has 2 atom stereocenters. The first kappa shape index (κ1) is 13.7. The molecule has 1 saturated carbocycles. The van der Waals surface area contributed by atoms with Crippen molar-refractivity contribution in [1.29, 1.82) is 0 Å². The number of aromatic nitrogens is 1. The molecule has 1 aliphatic carbocycles. The Labute approximate surface area is 115 Å². The number of hydrogen-bond acceptors (Lipinski definition) is 4. The molecule has 6 nitrogen and oxygen atoms in total. The van der Waals surface area contributed by atoms with Gasteiger partial charge in [-0.15, -0.1) is 0 Å². The number of halogens is 1. The zero-order chi connectivity index (χ0) is 14.0. The topological polar surface area (TPSA) is 85.1 Å². The third kappa shape index (κ3) is 3.20. The second-order valence-electron chi connectivity index (χ2n) is 4.65. The quantitative estimate of drug-likeness (QED) is 0.511. The summed E-state index contributed by atoms with van der Waals surface area (Å²) in [6.45, 7) is 2.09. The van der Waals surface area contributed by atoms with E-state index < -0.39 is 10.8 Å². The molecule has 1 N–H and O–H groups in total. The van der Waals surface area contributed by atoms with E-state index in [1.807, 2.05) is 0 Å². The van der Waals surface area contributed by atoms with Gasteiger partial charge in [-0.05, 0) is 24.8 Å². The zero-order valence-corrected chi connectivity index (χ0v) is 11.2. The van der Waals surface area contributed by atoms with Crippen LogP contribution in [0.1, 0.15) is 36.5 Å². The normalized spacial score (nSPS) is 20.9. The standard InChI is InChI=1S/C12H14ClN3O3/c1-2-3-7-4-9(7)15-12(17)8-5-11(13)14-6-10(8)16(18)19/h5-7,9H,2-4H2,1H3,(H,15,17). The van der Waals surface area contributed by atoms with E-state index in [2.05, 4.69) is 17.2 Å². The maximum Gasteiger partial charge on any atom is 0.300 e. The largest absolute Gasteiger partial charge is 0.349 e. The number of carbonyl (C=O) groups is 1. The molecule has 2 unspecified atom stereocenters. The molecule has 2 rings (SSSR count). The summed E-state index contributed by atoms with van der Waals surface area (Å²) < 4.78 is 0. The molecule has 0 aromatic carbocycles. The minimum Gasteiger partial charge on any atom is -0.349 e. The average molecular weight is 284 g/mol. The molecule has 1 aromatic rings. The van der Waals surface area contributed by atoms with E-state index >= 15 is 0 Å². The van der Waals surface area contributed by atoms with Gasteiger partial charge in [0.25, 0.3) is 11.6 Å². The highest BCUT2D eigenvalue weighted by atomic mass is 35.5. The van der Waals surface area contributed by atoms with Gasteiger partial charge >= 0.3 is 0 Å². The SMILES string of the molecule is CCCC1CC1NC(=O)c1cc(Cl)ncc1[N+](=O)[O-]. The van der Waals surface area contributed by atoms with Gasteiger partial charge in [-0.3, -0.25) is 14.9 Å². The second kappa shape index (κ2) is 5.52. The van der Waals surface area contributed by atoms with E-state index in [4.69, 9.17) is 11.6 Å². The van der Waals surface area contributed by atoms with Crippen LogP contribution in [-0.4, -0.2) is 21.9 Å². The molecule has 0 bridgehead atoms. The molecule has 1 amide bonds. The smallest absolute Gasteiger partial charge is 0.300 e. The van der Waals surface area contributed by atoms with Crippen LogP contribution in [0.25, 0.3) is 0 Å². The summed E-state index contributed by atoms with van der Waals surface area (Å²) in [5.41, 5.74) is -0.360. The van der Waals surface area contributed by atoms with Gasteiger partial charge in [0.1, 0.15) is 16.9 Å². The first-order valence-electron chi connectivity index (χ1n) is 6.13. The molecule has 0 aliphatic heterocycles. The minimum atomic E-state index is -0.630. The maximum atomic E-state index is 12.0. The van der Waals surface area contributed by atoms with Crippen LogP contribution in [-0.2, 0) is 0 Å². The van der Waals surface area contributed by atoms with Crippen LogP contribution in [0, 0.1) is 16.0 Å². The van der Waals surface area contributed by atoms with Crippen molar-refractivity contribution in [2.45, 2.75) is 32.2 Å². The van der Waals surface area contributed by atoms with Gasteiger partial charge in [-0.1, -0.05) is 24.9 Å². The summed E-state index contributed by atoms with van der Waals surface area (Å²) in [4.78, 5) is 25.9. The highest BCUT2D eigenvalue weighted by molar-refractivity contribution is 6.29. The summed E-state index contributed by atoms with van der Waals surface area (Å²) in [6.07, 6.45) is 4.07. The lowest BCUT2D eigenvalue weighted by molar-refractivity contribution is -0.385. The number of rotatable bonds is 5. The third-order valence-corrected chi connectivity index (χ3v) is 3.40. The first-order valence-corrected chi connectivity index (χ1v) is 6.51. The lowest BCUT2D eigenvalue weighted by Crippen LogP contribution is -2.27. The summed E-state index contributed by atoms with van der Waals surface area (Å²) in [5.74, 6) is 0.0323. The van der Waals surface area contributed by atoms with Gasteiger partial charge in [-0.25, -0.2) is 4.98 Å². The Kier molecular flexibility index (Phi) is 3.99. The molecule has 0 spiro atoms. The van der Waals surface area contributed by atoms with Crippen molar-refractivity contribution in [2.24, 2.45) is 5.92 Å². The number of pyridine rings is 1. The Hall–Kier alpha value is -1.69. The number of amides is 1. The fraction of sp³-hybridized carbons (Fsp3) is 0.500. The second-order valence-corrected chi connectivity index (χ2v) is 5.03. The van der Waals surface area contributed by atoms with Crippen molar-refractivity contribution in [3.8, 4) is 0 Å². The van der Waals surface area contributed by atoms with Crippen LogP contribution in [0.15, 0.2) is 12.3 Å².